The Morgan fingerprint density at radius 3 is 2.48 bits per heavy atom. The zero-order chi connectivity index (χ0) is 20.0. The Labute approximate surface area is 158 Å². The summed E-state index contributed by atoms with van der Waals surface area (Å²) in [5.41, 5.74) is 2.51. The first-order valence-electron chi connectivity index (χ1n) is 8.70. The Morgan fingerprint density at radius 1 is 1.22 bits per heavy atom. The molecule has 0 aromatic heterocycles. The number of carbonyl (C=O) groups excluding carboxylic acids is 1. The molecule has 0 saturated heterocycles. The van der Waals surface area contributed by atoms with Crippen molar-refractivity contribution in [3.05, 3.63) is 69.3 Å². The van der Waals surface area contributed by atoms with Crippen LogP contribution in [0.2, 0.25) is 0 Å². The van der Waals surface area contributed by atoms with Crippen LogP contribution in [0.15, 0.2) is 42.5 Å². The summed E-state index contributed by atoms with van der Waals surface area (Å²) < 4.78 is 5.65. The SMILES string of the molecule is Cc1ccc(C(C)C)c(OCC(=O)NC[C@H](O)c2ccc([N+](=O)[O-])cc2)c1. The summed E-state index contributed by atoms with van der Waals surface area (Å²) in [6, 6.07) is 11.5. The summed E-state index contributed by atoms with van der Waals surface area (Å²) in [5, 5.41) is 23.4. The number of carbonyl (C=O) groups is 1. The molecule has 7 nitrogen and oxygen atoms in total. The highest BCUT2D eigenvalue weighted by molar-refractivity contribution is 5.77. The molecule has 0 heterocycles. The first-order valence-corrected chi connectivity index (χ1v) is 8.70. The molecule has 1 amide bonds. The van der Waals surface area contributed by atoms with E-state index in [1.54, 1.807) is 0 Å². The molecule has 0 radical (unpaired) electrons. The lowest BCUT2D eigenvalue weighted by Crippen LogP contribution is -2.32. The van der Waals surface area contributed by atoms with E-state index in [9.17, 15) is 20.0 Å². The number of aryl methyl sites for hydroxylation is 1. The van der Waals surface area contributed by atoms with E-state index in [0.717, 1.165) is 11.1 Å². The minimum Gasteiger partial charge on any atom is -0.483 e. The summed E-state index contributed by atoms with van der Waals surface area (Å²) in [4.78, 5) is 22.2. The molecule has 0 unspecified atom stereocenters. The van der Waals surface area contributed by atoms with Crippen LogP contribution in [-0.4, -0.2) is 29.1 Å². The van der Waals surface area contributed by atoms with Crippen molar-refractivity contribution in [2.45, 2.75) is 32.8 Å². The standard InChI is InChI=1S/C20H24N2O5/c1-13(2)17-9-4-14(3)10-19(17)27-12-20(24)21-11-18(23)15-5-7-16(8-6-15)22(25)26/h4-10,13,18,23H,11-12H2,1-3H3,(H,21,24)/t18-/m0/s1. The molecule has 2 rings (SSSR count). The highest BCUT2D eigenvalue weighted by Gasteiger charge is 2.13. The number of hydrogen-bond acceptors (Lipinski definition) is 5. The molecule has 0 saturated carbocycles. The zero-order valence-corrected chi connectivity index (χ0v) is 15.6. The van der Waals surface area contributed by atoms with Crippen LogP contribution >= 0.6 is 0 Å². The Hall–Kier alpha value is -2.93. The van der Waals surface area contributed by atoms with Gasteiger partial charge < -0.3 is 15.2 Å². The summed E-state index contributed by atoms with van der Waals surface area (Å²) in [7, 11) is 0. The van der Waals surface area contributed by atoms with E-state index in [2.05, 4.69) is 19.2 Å². The van der Waals surface area contributed by atoms with Crippen LogP contribution in [0.5, 0.6) is 5.75 Å². The van der Waals surface area contributed by atoms with Gasteiger partial charge in [0.05, 0.1) is 11.0 Å². The molecule has 27 heavy (non-hydrogen) atoms. The molecule has 0 fully saturated rings. The highest BCUT2D eigenvalue weighted by Crippen LogP contribution is 2.27. The fraction of sp³-hybridized carbons (Fsp3) is 0.350. The van der Waals surface area contributed by atoms with Crippen molar-refractivity contribution in [2.24, 2.45) is 0 Å². The Morgan fingerprint density at radius 2 is 1.89 bits per heavy atom. The minimum absolute atomic E-state index is 0.00907. The average molecular weight is 372 g/mol. The molecule has 144 valence electrons. The maximum atomic E-state index is 12.0. The molecular formula is C20H24N2O5. The molecule has 0 aliphatic heterocycles. The fourth-order valence-corrected chi connectivity index (χ4v) is 2.58. The van der Waals surface area contributed by atoms with Crippen molar-refractivity contribution < 1.29 is 19.6 Å². The number of nitrogens with one attached hydrogen (secondary N) is 1. The van der Waals surface area contributed by atoms with Gasteiger partial charge in [0.15, 0.2) is 6.61 Å². The third-order valence-electron chi connectivity index (χ3n) is 4.13. The molecule has 1 atom stereocenters. The number of amides is 1. The Balaban J connectivity index is 1.87. The van der Waals surface area contributed by atoms with Crippen LogP contribution in [0.3, 0.4) is 0 Å². The van der Waals surface area contributed by atoms with Crippen molar-refractivity contribution in [1.29, 1.82) is 0 Å². The molecule has 0 aliphatic rings. The van der Waals surface area contributed by atoms with Gasteiger partial charge in [-0.15, -0.1) is 0 Å². The highest BCUT2D eigenvalue weighted by atomic mass is 16.6. The summed E-state index contributed by atoms with van der Waals surface area (Å²) in [5.74, 6) is 0.593. The maximum Gasteiger partial charge on any atom is 0.269 e. The predicted molar refractivity (Wildman–Crippen MR) is 102 cm³/mol. The fourth-order valence-electron chi connectivity index (χ4n) is 2.58. The van der Waals surface area contributed by atoms with Crippen molar-refractivity contribution in [2.75, 3.05) is 13.2 Å². The summed E-state index contributed by atoms with van der Waals surface area (Å²) >= 11 is 0. The van der Waals surface area contributed by atoms with Crippen molar-refractivity contribution >= 4 is 11.6 Å². The first-order chi connectivity index (χ1) is 12.8. The summed E-state index contributed by atoms with van der Waals surface area (Å²) in [6.45, 7) is 5.90. The summed E-state index contributed by atoms with van der Waals surface area (Å²) in [6.07, 6.45) is -0.958. The monoisotopic (exact) mass is 372 g/mol. The Kier molecular flexibility index (Phi) is 6.90. The van der Waals surface area contributed by atoms with Crippen molar-refractivity contribution in [3.63, 3.8) is 0 Å². The third-order valence-corrected chi connectivity index (χ3v) is 4.13. The van der Waals surface area contributed by atoms with Crippen LogP contribution in [0, 0.1) is 17.0 Å². The van der Waals surface area contributed by atoms with E-state index in [4.69, 9.17) is 4.74 Å². The quantitative estimate of drug-likeness (QED) is 0.547. The van der Waals surface area contributed by atoms with Crippen molar-refractivity contribution in [3.8, 4) is 5.75 Å². The average Bonchev–Trinajstić information content (AvgIpc) is 2.64. The number of nitro benzene ring substituents is 1. The van der Waals surface area contributed by atoms with E-state index >= 15 is 0 Å². The number of rotatable bonds is 8. The van der Waals surface area contributed by atoms with Gasteiger partial charge >= 0.3 is 0 Å². The lowest BCUT2D eigenvalue weighted by atomic mass is 10.0. The number of non-ortho nitro benzene ring substituents is 1. The van der Waals surface area contributed by atoms with Gasteiger partial charge in [0.2, 0.25) is 0 Å². The van der Waals surface area contributed by atoms with Crippen LogP contribution in [0.4, 0.5) is 5.69 Å². The van der Waals surface area contributed by atoms with E-state index in [1.165, 1.54) is 24.3 Å². The first kappa shape index (κ1) is 20.4. The number of aliphatic hydroxyl groups is 1. The molecule has 0 spiro atoms. The van der Waals surface area contributed by atoms with Gasteiger partial charge in [-0.3, -0.25) is 14.9 Å². The van der Waals surface area contributed by atoms with E-state index in [-0.39, 0.29) is 30.7 Å². The second kappa shape index (κ2) is 9.14. The topological polar surface area (TPSA) is 102 Å². The maximum absolute atomic E-state index is 12.0. The van der Waals surface area contributed by atoms with E-state index in [1.807, 2.05) is 25.1 Å². The van der Waals surface area contributed by atoms with Gasteiger partial charge in [0, 0.05) is 18.7 Å². The second-order valence-electron chi connectivity index (χ2n) is 6.65. The van der Waals surface area contributed by atoms with Gasteiger partial charge in [-0.1, -0.05) is 26.0 Å². The lowest BCUT2D eigenvalue weighted by Gasteiger charge is -2.16. The molecule has 0 bridgehead atoms. The van der Waals surface area contributed by atoms with E-state index in [0.29, 0.717) is 11.3 Å². The molecule has 2 aromatic rings. The smallest absolute Gasteiger partial charge is 0.269 e. The van der Waals surface area contributed by atoms with Gasteiger partial charge in [-0.2, -0.15) is 0 Å². The van der Waals surface area contributed by atoms with Crippen LogP contribution in [0.1, 0.15) is 42.6 Å². The Bertz CT molecular complexity index is 803. The second-order valence-corrected chi connectivity index (χ2v) is 6.65. The molecule has 7 heteroatoms. The predicted octanol–water partition coefficient (Wildman–Crippen LogP) is 3.26. The van der Waals surface area contributed by atoms with Gasteiger partial charge in [0.1, 0.15) is 5.75 Å². The number of aliphatic hydroxyl groups excluding tert-OH is 1. The molecule has 0 aliphatic carbocycles. The number of nitro groups is 1. The van der Waals surface area contributed by atoms with Gasteiger partial charge in [-0.05, 0) is 47.7 Å². The normalized spacial score (nSPS) is 11.9. The van der Waals surface area contributed by atoms with Crippen LogP contribution in [-0.2, 0) is 4.79 Å². The zero-order valence-electron chi connectivity index (χ0n) is 15.6. The van der Waals surface area contributed by atoms with E-state index < -0.39 is 11.0 Å². The van der Waals surface area contributed by atoms with Crippen LogP contribution in [0.25, 0.3) is 0 Å². The molecular weight excluding hydrogens is 348 g/mol. The van der Waals surface area contributed by atoms with Crippen LogP contribution < -0.4 is 10.1 Å². The van der Waals surface area contributed by atoms with Crippen molar-refractivity contribution in [1.82, 2.24) is 5.32 Å². The molecule has 2 aromatic carbocycles. The third kappa shape index (κ3) is 5.79. The largest absolute Gasteiger partial charge is 0.483 e. The minimum atomic E-state index is -0.958. The van der Waals surface area contributed by atoms with Gasteiger partial charge in [-0.25, -0.2) is 0 Å². The number of ether oxygens (including phenoxy) is 1. The lowest BCUT2D eigenvalue weighted by molar-refractivity contribution is -0.384. The van der Waals surface area contributed by atoms with Gasteiger partial charge in [0.25, 0.3) is 11.6 Å². The number of nitrogens with zero attached hydrogens (tertiary/aromatic N) is 1. The molecule has 2 N–H and O–H groups in total. The number of benzene rings is 2. The number of hydrogen-bond donors (Lipinski definition) is 2.